The van der Waals surface area contributed by atoms with Gasteiger partial charge in [0.25, 0.3) is 12.9 Å². The van der Waals surface area contributed by atoms with Crippen LogP contribution in [0.5, 0.6) is 0 Å². The molecule has 0 aliphatic carbocycles. The molecule has 0 aromatic heterocycles. The molecule has 0 radical (unpaired) electrons. The van der Waals surface area contributed by atoms with Crippen molar-refractivity contribution in [1.29, 1.82) is 0 Å². The minimum atomic E-state index is -2.89. The maximum atomic E-state index is 11.5. The highest BCUT2D eigenvalue weighted by molar-refractivity contribution is 4.61. The van der Waals surface area contributed by atoms with Crippen LogP contribution in [0.4, 0.5) is 17.6 Å². The van der Waals surface area contributed by atoms with Gasteiger partial charge in [-0.1, -0.05) is 0 Å². The highest BCUT2D eigenvalue weighted by Gasteiger charge is 2.16. The fourth-order valence-electron chi connectivity index (χ4n) is 0.429. The van der Waals surface area contributed by atoms with Crippen LogP contribution in [0.3, 0.4) is 0 Å². The van der Waals surface area contributed by atoms with Crippen LogP contribution in [0.15, 0.2) is 0 Å². The van der Waals surface area contributed by atoms with E-state index in [2.05, 4.69) is 0 Å². The van der Waals surface area contributed by atoms with Crippen LogP contribution < -0.4 is 5.32 Å². The molecule has 0 amide bonds. The molecule has 0 aliphatic rings. The topological polar surface area (TPSA) is 32.3 Å². The first-order chi connectivity index (χ1) is 5.04. The molecule has 68 valence electrons. The Balaban J connectivity index is 3.24. The molecule has 0 aliphatic heterocycles. The van der Waals surface area contributed by atoms with Gasteiger partial charge in [-0.15, -0.1) is 0 Å². The minimum absolute atomic E-state index is 0.512. The summed E-state index contributed by atoms with van der Waals surface area (Å²) in [6, 6.07) is 0. The summed E-state index contributed by atoms with van der Waals surface area (Å²) in [5, 5.41) is 10.4. The SMILES string of the molecule is OC(CNCC(F)F)C(F)F. The van der Waals surface area contributed by atoms with Crippen LogP contribution in [0.1, 0.15) is 0 Å². The Morgan fingerprint density at radius 1 is 1.09 bits per heavy atom. The molecule has 1 atom stereocenters. The third kappa shape index (κ3) is 6.05. The first-order valence-electron chi connectivity index (χ1n) is 2.99. The molecule has 1 unspecified atom stereocenters. The molecular weight excluding hydrogens is 166 g/mol. The number of hydrogen-bond acceptors (Lipinski definition) is 2. The predicted octanol–water partition coefficient (Wildman–Crippen LogP) is 0.467. The molecule has 0 saturated carbocycles. The summed E-state index contributed by atoms with van der Waals surface area (Å²) < 4.78 is 45.7. The zero-order valence-electron chi connectivity index (χ0n) is 5.61. The van der Waals surface area contributed by atoms with Crippen LogP contribution in [-0.2, 0) is 0 Å². The normalized spacial score (nSPS) is 14.5. The molecule has 0 saturated heterocycles. The molecule has 11 heavy (non-hydrogen) atoms. The standard InChI is InChI=1S/C5H9F4NO/c6-4(7)2-10-1-3(11)5(8)9/h3-5,10-11H,1-2H2. The van der Waals surface area contributed by atoms with Crippen molar-refractivity contribution in [1.82, 2.24) is 5.32 Å². The molecule has 2 N–H and O–H groups in total. The molecule has 0 aromatic carbocycles. The third-order valence-corrected chi connectivity index (χ3v) is 0.943. The number of aliphatic hydroxyl groups is 1. The van der Waals surface area contributed by atoms with E-state index in [9.17, 15) is 17.6 Å². The summed E-state index contributed by atoms with van der Waals surface area (Å²) >= 11 is 0. The fraction of sp³-hybridized carbons (Fsp3) is 1.00. The average Bonchev–Trinajstić information content (AvgIpc) is 1.86. The first kappa shape index (κ1) is 10.6. The summed E-state index contributed by atoms with van der Waals surface area (Å²) in [6.07, 6.45) is -7.34. The van der Waals surface area contributed by atoms with Crippen molar-refractivity contribution >= 4 is 0 Å². The molecule has 0 rings (SSSR count). The maximum Gasteiger partial charge on any atom is 0.265 e. The van der Waals surface area contributed by atoms with Crippen molar-refractivity contribution in [3.8, 4) is 0 Å². The second-order valence-corrected chi connectivity index (χ2v) is 1.95. The lowest BCUT2D eigenvalue weighted by Crippen LogP contribution is -2.34. The summed E-state index contributed by atoms with van der Waals surface area (Å²) in [5.74, 6) is 0. The van der Waals surface area contributed by atoms with Crippen molar-refractivity contribution < 1.29 is 22.7 Å². The fourth-order valence-corrected chi connectivity index (χ4v) is 0.429. The van der Waals surface area contributed by atoms with Crippen molar-refractivity contribution in [3.05, 3.63) is 0 Å². The summed E-state index contributed by atoms with van der Waals surface area (Å²) in [5.41, 5.74) is 0. The summed E-state index contributed by atoms with van der Waals surface area (Å²) in [6.45, 7) is -1.19. The predicted molar refractivity (Wildman–Crippen MR) is 30.9 cm³/mol. The quantitative estimate of drug-likeness (QED) is 0.595. The Labute approximate surface area is 61.2 Å². The number of aliphatic hydroxyl groups excluding tert-OH is 1. The second kappa shape index (κ2) is 5.31. The van der Waals surface area contributed by atoms with Gasteiger partial charge in [0.15, 0.2) is 0 Å². The van der Waals surface area contributed by atoms with Gasteiger partial charge in [-0.2, -0.15) is 0 Å². The Morgan fingerprint density at radius 2 is 1.64 bits per heavy atom. The molecule has 0 fully saturated rings. The average molecular weight is 175 g/mol. The highest BCUT2D eigenvalue weighted by Crippen LogP contribution is 1.98. The third-order valence-electron chi connectivity index (χ3n) is 0.943. The molecule has 0 bridgehead atoms. The number of halogens is 4. The Morgan fingerprint density at radius 3 is 2.00 bits per heavy atom. The lowest BCUT2D eigenvalue weighted by Gasteiger charge is -2.09. The summed E-state index contributed by atoms with van der Waals surface area (Å²) in [7, 11) is 0. The van der Waals surface area contributed by atoms with Crippen LogP contribution in [-0.4, -0.2) is 37.2 Å². The van der Waals surface area contributed by atoms with Crippen molar-refractivity contribution in [2.45, 2.75) is 19.0 Å². The lowest BCUT2D eigenvalue weighted by atomic mass is 10.4. The zero-order chi connectivity index (χ0) is 8.85. The van der Waals surface area contributed by atoms with Gasteiger partial charge in [-0.25, -0.2) is 17.6 Å². The maximum absolute atomic E-state index is 11.5. The van der Waals surface area contributed by atoms with Gasteiger partial charge in [0.2, 0.25) is 0 Å². The largest absolute Gasteiger partial charge is 0.386 e. The van der Waals surface area contributed by atoms with Crippen molar-refractivity contribution in [2.24, 2.45) is 0 Å². The summed E-state index contributed by atoms with van der Waals surface area (Å²) in [4.78, 5) is 0. The van der Waals surface area contributed by atoms with E-state index >= 15 is 0 Å². The number of hydrogen-bond donors (Lipinski definition) is 2. The van der Waals surface area contributed by atoms with E-state index in [0.29, 0.717) is 0 Å². The van der Waals surface area contributed by atoms with E-state index in [1.165, 1.54) is 0 Å². The number of rotatable bonds is 5. The van der Waals surface area contributed by atoms with E-state index in [1.807, 2.05) is 5.32 Å². The molecule has 6 heteroatoms. The van der Waals surface area contributed by atoms with Gasteiger partial charge >= 0.3 is 0 Å². The van der Waals surface area contributed by atoms with E-state index in [0.717, 1.165) is 0 Å². The number of nitrogens with one attached hydrogen (secondary N) is 1. The molecule has 0 aromatic rings. The van der Waals surface area contributed by atoms with Crippen LogP contribution in [0.2, 0.25) is 0 Å². The minimum Gasteiger partial charge on any atom is -0.386 e. The van der Waals surface area contributed by atoms with Gasteiger partial charge in [0.1, 0.15) is 6.10 Å². The van der Waals surface area contributed by atoms with Crippen LogP contribution >= 0.6 is 0 Å². The zero-order valence-corrected chi connectivity index (χ0v) is 5.61. The first-order valence-corrected chi connectivity index (χ1v) is 2.99. The van der Waals surface area contributed by atoms with E-state index < -0.39 is 32.0 Å². The van der Waals surface area contributed by atoms with E-state index in [1.54, 1.807) is 0 Å². The van der Waals surface area contributed by atoms with Gasteiger partial charge in [0.05, 0.1) is 6.54 Å². The Hall–Kier alpha value is -0.360. The highest BCUT2D eigenvalue weighted by atomic mass is 19.3. The van der Waals surface area contributed by atoms with Gasteiger partial charge in [-0.3, -0.25) is 0 Å². The molecule has 0 spiro atoms. The van der Waals surface area contributed by atoms with Crippen molar-refractivity contribution in [3.63, 3.8) is 0 Å². The smallest absolute Gasteiger partial charge is 0.265 e. The van der Waals surface area contributed by atoms with E-state index in [4.69, 9.17) is 5.11 Å². The van der Waals surface area contributed by atoms with Gasteiger partial charge in [0, 0.05) is 6.54 Å². The Kier molecular flexibility index (Phi) is 5.14. The molecule has 2 nitrogen and oxygen atoms in total. The molecule has 0 heterocycles. The van der Waals surface area contributed by atoms with Crippen LogP contribution in [0.25, 0.3) is 0 Å². The molecular formula is C5H9F4NO. The lowest BCUT2D eigenvalue weighted by molar-refractivity contribution is -0.00519. The monoisotopic (exact) mass is 175 g/mol. The van der Waals surface area contributed by atoms with Gasteiger partial charge in [-0.05, 0) is 0 Å². The van der Waals surface area contributed by atoms with Crippen LogP contribution in [0, 0.1) is 0 Å². The van der Waals surface area contributed by atoms with Gasteiger partial charge < -0.3 is 10.4 Å². The van der Waals surface area contributed by atoms with Crippen molar-refractivity contribution in [2.75, 3.05) is 13.1 Å². The second-order valence-electron chi connectivity index (χ2n) is 1.95. The van der Waals surface area contributed by atoms with E-state index in [-0.39, 0.29) is 0 Å². The Bertz CT molecular complexity index is 100. The number of alkyl halides is 4.